The summed E-state index contributed by atoms with van der Waals surface area (Å²) in [5, 5.41) is 7.13. The molecule has 162 valence electrons. The van der Waals surface area contributed by atoms with Crippen molar-refractivity contribution in [2.24, 2.45) is 16.3 Å². The van der Waals surface area contributed by atoms with Gasteiger partial charge in [0, 0.05) is 44.9 Å². The van der Waals surface area contributed by atoms with Crippen molar-refractivity contribution in [3.05, 3.63) is 29.8 Å². The van der Waals surface area contributed by atoms with E-state index in [1.54, 1.807) is 0 Å². The first-order valence-electron chi connectivity index (χ1n) is 11.3. The fourth-order valence-electron chi connectivity index (χ4n) is 4.69. The van der Waals surface area contributed by atoms with Gasteiger partial charge in [0.1, 0.15) is 0 Å². The summed E-state index contributed by atoms with van der Waals surface area (Å²) in [7, 11) is 1.85. The van der Waals surface area contributed by atoms with E-state index in [0.717, 1.165) is 25.5 Å². The van der Waals surface area contributed by atoms with Crippen LogP contribution in [0.3, 0.4) is 0 Å². The third-order valence-electron chi connectivity index (χ3n) is 6.25. The van der Waals surface area contributed by atoms with E-state index in [9.17, 15) is 0 Å². The van der Waals surface area contributed by atoms with Crippen molar-refractivity contribution in [2.45, 2.75) is 65.5 Å². The van der Waals surface area contributed by atoms with Gasteiger partial charge in [-0.25, -0.2) is 0 Å². The largest absolute Gasteiger partial charge is 0.377 e. The number of benzene rings is 1. The predicted octanol–water partition coefficient (Wildman–Crippen LogP) is 4.35. The second-order valence-corrected chi connectivity index (χ2v) is 9.67. The molecule has 0 spiro atoms. The molecule has 3 atom stereocenters. The number of ether oxygens (including phenoxy) is 1. The molecular formula is C24H40N4O. The Morgan fingerprint density at radius 3 is 2.69 bits per heavy atom. The second kappa shape index (κ2) is 9.84. The van der Waals surface area contributed by atoms with Crippen LogP contribution in [0.4, 0.5) is 5.69 Å². The molecule has 0 aliphatic carbocycles. The molecule has 0 amide bonds. The molecule has 0 bridgehead atoms. The molecule has 5 nitrogen and oxygen atoms in total. The van der Waals surface area contributed by atoms with Gasteiger partial charge in [-0.15, -0.1) is 0 Å². The fraction of sp³-hybridized carbons (Fsp3) is 0.708. The maximum atomic E-state index is 6.13. The van der Waals surface area contributed by atoms with Gasteiger partial charge < -0.3 is 20.3 Å². The summed E-state index contributed by atoms with van der Waals surface area (Å²) in [4.78, 5) is 6.95. The molecule has 2 fully saturated rings. The predicted molar refractivity (Wildman–Crippen MR) is 123 cm³/mol. The first-order chi connectivity index (χ1) is 13.9. The number of anilines is 1. The molecule has 2 aliphatic heterocycles. The zero-order valence-corrected chi connectivity index (χ0v) is 19.0. The Labute approximate surface area is 177 Å². The second-order valence-electron chi connectivity index (χ2n) is 9.67. The number of aliphatic imine (C=N–C) groups is 1. The SMILES string of the molecule is CN=C(NCC1CCCOC1C(C)(C)C)NC(C)c1cccc(N2CCCC2)c1. The average Bonchev–Trinajstić information content (AvgIpc) is 3.25. The van der Waals surface area contributed by atoms with Crippen LogP contribution < -0.4 is 15.5 Å². The van der Waals surface area contributed by atoms with Crippen molar-refractivity contribution in [3.8, 4) is 0 Å². The van der Waals surface area contributed by atoms with Crippen LogP contribution in [0.2, 0.25) is 0 Å². The third kappa shape index (κ3) is 5.88. The first kappa shape index (κ1) is 21.9. The molecule has 0 saturated carbocycles. The molecule has 2 heterocycles. The van der Waals surface area contributed by atoms with Gasteiger partial charge in [0.05, 0.1) is 12.1 Å². The van der Waals surface area contributed by atoms with E-state index in [-0.39, 0.29) is 17.6 Å². The third-order valence-corrected chi connectivity index (χ3v) is 6.25. The zero-order valence-electron chi connectivity index (χ0n) is 19.0. The standard InChI is InChI=1S/C24H40N4O/c1-18(19-10-8-12-21(16-19)28-13-6-7-14-28)27-23(25-5)26-17-20-11-9-15-29-22(20)24(2,3)4/h8,10,12,16,18,20,22H,6-7,9,11,13-15,17H2,1-5H3,(H2,25,26,27). The first-order valence-corrected chi connectivity index (χ1v) is 11.3. The fourth-order valence-corrected chi connectivity index (χ4v) is 4.69. The lowest BCUT2D eigenvalue weighted by Crippen LogP contribution is -2.47. The van der Waals surface area contributed by atoms with Crippen LogP contribution in [-0.4, -0.2) is 45.4 Å². The quantitative estimate of drug-likeness (QED) is 0.570. The van der Waals surface area contributed by atoms with Crippen LogP contribution in [0.5, 0.6) is 0 Å². The normalized spacial score (nSPS) is 24.4. The van der Waals surface area contributed by atoms with Crippen molar-refractivity contribution in [3.63, 3.8) is 0 Å². The van der Waals surface area contributed by atoms with Crippen LogP contribution >= 0.6 is 0 Å². The van der Waals surface area contributed by atoms with Gasteiger partial charge in [-0.2, -0.15) is 0 Å². The number of nitrogens with zero attached hydrogens (tertiary/aromatic N) is 2. The Hall–Kier alpha value is -1.75. The minimum Gasteiger partial charge on any atom is -0.377 e. The molecule has 3 rings (SSSR count). The van der Waals surface area contributed by atoms with Crippen molar-refractivity contribution in [1.82, 2.24) is 10.6 Å². The highest BCUT2D eigenvalue weighted by atomic mass is 16.5. The molecule has 0 radical (unpaired) electrons. The van der Waals surface area contributed by atoms with E-state index in [0.29, 0.717) is 5.92 Å². The van der Waals surface area contributed by atoms with Crippen LogP contribution in [0.15, 0.2) is 29.3 Å². The Morgan fingerprint density at radius 1 is 1.24 bits per heavy atom. The maximum Gasteiger partial charge on any atom is 0.191 e. The minimum absolute atomic E-state index is 0.160. The van der Waals surface area contributed by atoms with E-state index >= 15 is 0 Å². The molecule has 1 aromatic rings. The molecule has 29 heavy (non-hydrogen) atoms. The van der Waals surface area contributed by atoms with Crippen molar-refractivity contribution < 1.29 is 4.74 Å². The summed E-state index contributed by atoms with van der Waals surface area (Å²) >= 11 is 0. The molecule has 3 unspecified atom stereocenters. The van der Waals surface area contributed by atoms with Gasteiger partial charge in [-0.1, -0.05) is 32.9 Å². The van der Waals surface area contributed by atoms with E-state index in [1.165, 1.54) is 43.6 Å². The van der Waals surface area contributed by atoms with Gasteiger partial charge in [0.15, 0.2) is 5.96 Å². The molecule has 1 aromatic carbocycles. The highest BCUT2D eigenvalue weighted by Gasteiger charge is 2.35. The molecule has 0 aromatic heterocycles. The Morgan fingerprint density at radius 2 is 2.00 bits per heavy atom. The van der Waals surface area contributed by atoms with Crippen LogP contribution in [0.1, 0.15) is 65.0 Å². The molecule has 2 aliphatic rings. The highest BCUT2D eigenvalue weighted by molar-refractivity contribution is 5.80. The van der Waals surface area contributed by atoms with Gasteiger partial charge >= 0.3 is 0 Å². The van der Waals surface area contributed by atoms with E-state index in [4.69, 9.17) is 4.74 Å². The molecule has 5 heteroatoms. The highest BCUT2D eigenvalue weighted by Crippen LogP contribution is 2.33. The summed E-state index contributed by atoms with van der Waals surface area (Å²) in [6, 6.07) is 9.12. The molecule has 2 N–H and O–H groups in total. The zero-order chi connectivity index (χ0) is 20.9. The minimum atomic E-state index is 0.160. The lowest BCUT2D eigenvalue weighted by atomic mass is 9.78. The van der Waals surface area contributed by atoms with E-state index in [1.807, 2.05) is 7.05 Å². The molecule has 2 saturated heterocycles. The summed E-state index contributed by atoms with van der Waals surface area (Å²) in [6.07, 6.45) is 5.24. The van der Waals surface area contributed by atoms with Gasteiger partial charge in [-0.3, -0.25) is 4.99 Å². The van der Waals surface area contributed by atoms with Crippen LogP contribution in [0, 0.1) is 11.3 Å². The van der Waals surface area contributed by atoms with Gasteiger partial charge in [-0.05, 0) is 55.7 Å². The number of nitrogens with one attached hydrogen (secondary N) is 2. The Bertz CT molecular complexity index is 676. The smallest absolute Gasteiger partial charge is 0.191 e. The lowest BCUT2D eigenvalue weighted by Gasteiger charge is -2.40. The van der Waals surface area contributed by atoms with E-state index < -0.39 is 0 Å². The van der Waals surface area contributed by atoms with Crippen LogP contribution in [-0.2, 0) is 4.74 Å². The number of guanidine groups is 1. The summed E-state index contributed by atoms with van der Waals surface area (Å²) in [6.45, 7) is 13.2. The van der Waals surface area contributed by atoms with Crippen molar-refractivity contribution >= 4 is 11.6 Å². The molecular weight excluding hydrogens is 360 g/mol. The van der Waals surface area contributed by atoms with E-state index in [2.05, 4.69) is 72.5 Å². The number of hydrogen-bond acceptors (Lipinski definition) is 3. The number of rotatable bonds is 5. The topological polar surface area (TPSA) is 48.9 Å². The van der Waals surface area contributed by atoms with Crippen molar-refractivity contribution in [2.75, 3.05) is 38.2 Å². The summed E-state index contributed by atoms with van der Waals surface area (Å²) in [5.74, 6) is 1.37. The maximum absolute atomic E-state index is 6.13. The Balaban J connectivity index is 1.57. The monoisotopic (exact) mass is 400 g/mol. The summed E-state index contributed by atoms with van der Waals surface area (Å²) < 4.78 is 6.13. The number of hydrogen-bond donors (Lipinski definition) is 2. The summed E-state index contributed by atoms with van der Waals surface area (Å²) in [5.41, 5.74) is 2.79. The van der Waals surface area contributed by atoms with Gasteiger partial charge in [0.2, 0.25) is 0 Å². The van der Waals surface area contributed by atoms with Crippen molar-refractivity contribution in [1.29, 1.82) is 0 Å². The lowest BCUT2D eigenvalue weighted by molar-refractivity contribution is -0.0835. The van der Waals surface area contributed by atoms with Gasteiger partial charge in [0.25, 0.3) is 0 Å². The Kier molecular flexibility index (Phi) is 7.44. The van der Waals surface area contributed by atoms with Crippen LogP contribution in [0.25, 0.3) is 0 Å². The average molecular weight is 401 g/mol.